The van der Waals surface area contributed by atoms with Crippen LogP contribution in [0.2, 0.25) is 0 Å². The van der Waals surface area contributed by atoms with Gasteiger partial charge in [-0.3, -0.25) is 9.59 Å². The molecule has 0 saturated heterocycles. The Hall–Kier alpha value is -2.78. The number of fused-ring (bicyclic) bond motifs is 3. The molecule has 0 bridgehead atoms. The first-order chi connectivity index (χ1) is 14.1. The van der Waals surface area contributed by atoms with E-state index in [4.69, 9.17) is 10.5 Å². The Morgan fingerprint density at radius 3 is 2.83 bits per heavy atom. The Bertz CT molecular complexity index is 1100. The number of pyridine rings is 1. The number of primary amides is 1. The Morgan fingerprint density at radius 2 is 2.10 bits per heavy atom. The van der Waals surface area contributed by atoms with Gasteiger partial charge in [0.05, 0.1) is 28.1 Å². The van der Waals surface area contributed by atoms with E-state index in [1.165, 1.54) is 28.4 Å². The lowest BCUT2D eigenvalue weighted by molar-refractivity contribution is -0.118. The third-order valence-electron chi connectivity index (χ3n) is 5.14. The summed E-state index contributed by atoms with van der Waals surface area (Å²) in [5.41, 5.74) is 8.63. The topological polar surface area (TPSA) is 107 Å². The molecule has 148 valence electrons. The van der Waals surface area contributed by atoms with Crippen LogP contribution in [0.3, 0.4) is 0 Å². The largest absolute Gasteiger partial charge is 0.444 e. The summed E-state index contributed by atoms with van der Waals surface area (Å²) in [5.74, 6) is 1.21. The first-order valence-electron chi connectivity index (χ1n) is 9.40. The summed E-state index contributed by atoms with van der Waals surface area (Å²) in [4.78, 5) is 29.6. The van der Waals surface area contributed by atoms with Gasteiger partial charge in [-0.15, -0.1) is 0 Å². The molecule has 5 rings (SSSR count). The standard InChI is InChI=1S/C20H18N4O3S2/c21-19(26)18-13-5-3-11-7-24-29-17(11)16(13)20(28-18)27-12-4-6-15(22-8-12)23-9-14(25)10-1-2-10/h4,6-8,10H,1-3,5,9H2,(H2,21,26)(H,22,23). The van der Waals surface area contributed by atoms with Crippen molar-refractivity contribution in [3.05, 3.63) is 40.5 Å². The lowest BCUT2D eigenvalue weighted by Crippen LogP contribution is -2.15. The molecule has 3 N–H and O–H groups in total. The number of aromatic nitrogens is 2. The van der Waals surface area contributed by atoms with Crippen molar-refractivity contribution >= 4 is 40.4 Å². The zero-order valence-corrected chi connectivity index (χ0v) is 17.1. The molecule has 1 saturated carbocycles. The van der Waals surface area contributed by atoms with Gasteiger partial charge in [-0.05, 0) is 60.5 Å². The fourth-order valence-corrected chi connectivity index (χ4v) is 5.47. The van der Waals surface area contributed by atoms with Gasteiger partial charge in [0.25, 0.3) is 5.91 Å². The highest BCUT2D eigenvalue weighted by Gasteiger charge is 2.30. The molecular formula is C20H18N4O3S2. The van der Waals surface area contributed by atoms with E-state index in [-0.39, 0.29) is 11.7 Å². The molecule has 2 aliphatic rings. The number of thiophene rings is 1. The SMILES string of the molecule is NC(=O)c1sc(Oc2ccc(NCC(=O)C3CC3)nc2)c2c1CCc1cnsc1-2. The van der Waals surface area contributed by atoms with Crippen LogP contribution >= 0.6 is 22.9 Å². The number of nitrogens with two attached hydrogens (primary N) is 1. The first-order valence-corrected chi connectivity index (χ1v) is 11.0. The van der Waals surface area contributed by atoms with E-state index in [0.29, 0.717) is 28.1 Å². The summed E-state index contributed by atoms with van der Waals surface area (Å²) < 4.78 is 10.4. The van der Waals surface area contributed by atoms with Crippen LogP contribution in [0, 0.1) is 5.92 Å². The van der Waals surface area contributed by atoms with Gasteiger partial charge in [-0.2, -0.15) is 0 Å². The van der Waals surface area contributed by atoms with Gasteiger partial charge in [0.1, 0.15) is 11.6 Å². The van der Waals surface area contributed by atoms with Crippen molar-refractivity contribution in [2.75, 3.05) is 11.9 Å². The molecule has 7 nitrogen and oxygen atoms in total. The minimum absolute atomic E-state index is 0.228. The number of nitrogens with zero attached hydrogens (tertiary/aromatic N) is 2. The van der Waals surface area contributed by atoms with E-state index in [1.54, 1.807) is 18.3 Å². The average Bonchev–Trinajstić information content (AvgIpc) is 3.35. The Labute approximate surface area is 175 Å². The zero-order valence-electron chi connectivity index (χ0n) is 15.4. The van der Waals surface area contributed by atoms with E-state index in [0.717, 1.165) is 41.7 Å². The maximum atomic E-state index is 11.9. The highest BCUT2D eigenvalue weighted by molar-refractivity contribution is 7.17. The number of carbonyl (C=O) groups is 2. The zero-order chi connectivity index (χ0) is 20.0. The van der Waals surface area contributed by atoms with Crippen LogP contribution in [0.15, 0.2) is 24.5 Å². The van der Waals surface area contributed by atoms with Crippen molar-refractivity contribution in [2.45, 2.75) is 25.7 Å². The van der Waals surface area contributed by atoms with Gasteiger partial charge in [-0.25, -0.2) is 9.36 Å². The molecule has 3 aromatic rings. The maximum absolute atomic E-state index is 11.9. The molecule has 0 aromatic carbocycles. The molecule has 9 heteroatoms. The Kier molecular flexibility index (Phi) is 4.56. The van der Waals surface area contributed by atoms with Gasteiger partial charge >= 0.3 is 0 Å². The molecule has 0 spiro atoms. The third-order valence-corrected chi connectivity index (χ3v) is 7.12. The number of carbonyl (C=O) groups excluding carboxylic acids is 2. The van der Waals surface area contributed by atoms with Crippen LogP contribution in [-0.4, -0.2) is 27.6 Å². The lowest BCUT2D eigenvalue weighted by atomic mass is 9.93. The van der Waals surface area contributed by atoms with Crippen LogP contribution < -0.4 is 15.8 Å². The number of hydrogen-bond acceptors (Lipinski definition) is 8. The number of aryl methyl sites for hydroxylation is 1. The molecule has 0 atom stereocenters. The summed E-state index contributed by atoms with van der Waals surface area (Å²) >= 11 is 2.67. The van der Waals surface area contributed by atoms with Crippen LogP contribution in [0.5, 0.6) is 10.8 Å². The molecular weight excluding hydrogens is 408 g/mol. The smallest absolute Gasteiger partial charge is 0.259 e. The van der Waals surface area contributed by atoms with Crippen molar-refractivity contribution in [1.82, 2.24) is 9.36 Å². The molecule has 1 amide bonds. The summed E-state index contributed by atoms with van der Waals surface area (Å²) in [7, 11) is 0. The fraction of sp³-hybridized carbons (Fsp3) is 0.300. The molecule has 0 radical (unpaired) electrons. The van der Waals surface area contributed by atoms with Gasteiger partial charge in [0.15, 0.2) is 10.8 Å². The molecule has 2 aliphatic carbocycles. The Balaban J connectivity index is 1.38. The number of hydrogen-bond donors (Lipinski definition) is 2. The lowest BCUT2D eigenvalue weighted by Gasteiger charge is -2.14. The summed E-state index contributed by atoms with van der Waals surface area (Å²) in [5, 5.41) is 3.68. The molecule has 29 heavy (non-hydrogen) atoms. The van der Waals surface area contributed by atoms with Crippen molar-refractivity contribution in [2.24, 2.45) is 11.7 Å². The number of Topliss-reactive ketones (excluding diaryl/α,β-unsaturated/α-hetero) is 1. The van der Waals surface area contributed by atoms with Gasteiger partial charge in [0.2, 0.25) is 0 Å². The fourth-order valence-electron chi connectivity index (χ4n) is 3.46. The number of nitrogens with one attached hydrogen (secondary N) is 1. The quantitative estimate of drug-likeness (QED) is 0.597. The number of ketones is 1. The van der Waals surface area contributed by atoms with E-state index in [2.05, 4.69) is 14.7 Å². The number of amides is 1. The predicted octanol–water partition coefficient (Wildman–Crippen LogP) is 3.65. The average molecular weight is 427 g/mol. The third kappa shape index (κ3) is 3.51. The van der Waals surface area contributed by atoms with Gasteiger partial charge < -0.3 is 15.8 Å². The second-order valence-corrected chi connectivity index (χ2v) is 8.98. The second-order valence-electron chi connectivity index (χ2n) is 7.19. The second kappa shape index (κ2) is 7.23. The number of rotatable bonds is 7. The number of ether oxygens (including phenoxy) is 1. The van der Waals surface area contributed by atoms with Crippen molar-refractivity contribution in [3.8, 4) is 21.3 Å². The van der Waals surface area contributed by atoms with E-state index < -0.39 is 5.91 Å². The van der Waals surface area contributed by atoms with E-state index in [9.17, 15) is 9.59 Å². The minimum atomic E-state index is -0.438. The maximum Gasteiger partial charge on any atom is 0.259 e. The monoisotopic (exact) mass is 426 g/mol. The Morgan fingerprint density at radius 1 is 1.24 bits per heavy atom. The van der Waals surface area contributed by atoms with Crippen LogP contribution in [0.4, 0.5) is 5.82 Å². The highest BCUT2D eigenvalue weighted by atomic mass is 32.1. The molecule has 3 aromatic heterocycles. The number of anilines is 1. The van der Waals surface area contributed by atoms with Crippen LogP contribution in [-0.2, 0) is 17.6 Å². The van der Waals surface area contributed by atoms with E-state index in [1.807, 2.05) is 6.20 Å². The van der Waals surface area contributed by atoms with Crippen molar-refractivity contribution in [1.29, 1.82) is 0 Å². The normalized spacial score (nSPS) is 14.8. The highest BCUT2D eigenvalue weighted by Crippen LogP contribution is 2.49. The summed E-state index contributed by atoms with van der Waals surface area (Å²) in [6.07, 6.45) is 7.07. The molecule has 1 fully saturated rings. The van der Waals surface area contributed by atoms with E-state index >= 15 is 0 Å². The van der Waals surface area contributed by atoms with Crippen molar-refractivity contribution in [3.63, 3.8) is 0 Å². The molecule has 3 heterocycles. The predicted molar refractivity (Wildman–Crippen MR) is 112 cm³/mol. The first kappa shape index (κ1) is 18.3. The van der Waals surface area contributed by atoms with Gasteiger partial charge in [-0.1, -0.05) is 11.3 Å². The minimum Gasteiger partial charge on any atom is -0.444 e. The van der Waals surface area contributed by atoms with Crippen LogP contribution in [0.25, 0.3) is 10.4 Å². The van der Waals surface area contributed by atoms with Crippen LogP contribution in [0.1, 0.15) is 33.6 Å². The summed E-state index contributed by atoms with van der Waals surface area (Å²) in [6, 6.07) is 3.58. The molecule has 0 unspecified atom stereocenters. The van der Waals surface area contributed by atoms with Gasteiger partial charge in [0, 0.05) is 12.1 Å². The molecule has 0 aliphatic heterocycles. The summed E-state index contributed by atoms with van der Waals surface area (Å²) in [6.45, 7) is 0.298. The van der Waals surface area contributed by atoms with Crippen molar-refractivity contribution < 1.29 is 14.3 Å².